The van der Waals surface area contributed by atoms with Crippen LogP contribution in [0, 0.1) is 35.0 Å². The zero-order valence-corrected chi connectivity index (χ0v) is 33.7. The van der Waals surface area contributed by atoms with E-state index in [1.165, 1.54) is 38.5 Å². The Morgan fingerprint density at radius 3 is 1.68 bits per heavy atom. The first kappa shape index (κ1) is 38.2. The molecule has 4 fully saturated rings. The number of hydrogen-bond donors (Lipinski definition) is 3. The number of ether oxygens (including phenoxy) is 1. The summed E-state index contributed by atoms with van der Waals surface area (Å²) in [5, 5.41) is 9.66. The molecule has 0 heterocycles. The van der Waals surface area contributed by atoms with Crippen LogP contribution in [0.4, 0.5) is 5.69 Å². The maximum absolute atomic E-state index is 15.2. The minimum Gasteiger partial charge on any atom is -0.457 e. The monoisotopic (exact) mass is 797 g/mol. The molecular weight excluding hydrogens is 747 g/mol. The van der Waals surface area contributed by atoms with Crippen LogP contribution in [0.1, 0.15) is 94.1 Å². The summed E-state index contributed by atoms with van der Waals surface area (Å²) in [6, 6.07) is 41.2. The minimum absolute atomic E-state index is 0.0788. The van der Waals surface area contributed by atoms with Crippen LogP contribution in [-0.2, 0) is 32.1 Å². The van der Waals surface area contributed by atoms with E-state index in [0.29, 0.717) is 17.8 Å². The molecule has 0 saturated heterocycles. The molecule has 0 spiro atoms. The molecule has 8 heteroatoms. The van der Waals surface area contributed by atoms with Crippen molar-refractivity contribution >= 4 is 29.4 Å². The Balaban J connectivity index is 0.935. The van der Waals surface area contributed by atoms with Gasteiger partial charge in [-0.1, -0.05) is 115 Å². The van der Waals surface area contributed by atoms with Gasteiger partial charge in [-0.05, 0) is 113 Å². The number of rotatable bonds is 12. The van der Waals surface area contributed by atoms with Gasteiger partial charge >= 0.3 is 5.97 Å². The molecular formula is C52H51N3O5. The summed E-state index contributed by atoms with van der Waals surface area (Å²) < 4.78 is 5.56. The van der Waals surface area contributed by atoms with Crippen LogP contribution in [0.15, 0.2) is 133 Å². The minimum atomic E-state index is -0.977. The Morgan fingerprint density at radius 2 is 1.12 bits per heavy atom. The lowest BCUT2D eigenvalue weighted by molar-refractivity contribution is -0.139. The number of amides is 3. The third-order valence-corrected chi connectivity index (χ3v) is 14.3. The van der Waals surface area contributed by atoms with Crippen molar-refractivity contribution in [3.63, 3.8) is 0 Å². The Bertz CT molecular complexity index is 2350. The summed E-state index contributed by atoms with van der Waals surface area (Å²) in [5.74, 6) is -1.12. The SMILES string of the molecule is O=C(OCc1ccccc1)c1cccc(NC(=O)[C@H](Cc2ccccc2)NC(=O)[C@H]2C3c4ccccc4C(c4ccccc43)[C@H]2C(=O)NCC23CC4CC(CC(C4)C2)C3)c1. The third kappa shape index (κ3) is 7.31. The first-order valence-electron chi connectivity index (χ1n) is 21.7. The smallest absolute Gasteiger partial charge is 0.338 e. The summed E-state index contributed by atoms with van der Waals surface area (Å²) in [5.41, 5.74) is 6.91. The molecule has 60 heavy (non-hydrogen) atoms. The normalized spacial score (nSPS) is 26.9. The lowest BCUT2D eigenvalue weighted by Gasteiger charge is -2.57. The highest BCUT2D eigenvalue weighted by molar-refractivity contribution is 6.00. The fourth-order valence-electron chi connectivity index (χ4n) is 12.3. The third-order valence-electron chi connectivity index (χ3n) is 14.3. The maximum Gasteiger partial charge on any atom is 0.338 e. The van der Waals surface area contributed by atoms with Crippen LogP contribution in [0.2, 0.25) is 0 Å². The van der Waals surface area contributed by atoms with E-state index in [4.69, 9.17) is 4.74 Å². The lowest BCUT2D eigenvalue weighted by Crippen LogP contribution is -2.57. The van der Waals surface area contributed by atoms with E-state index < -0.39 is 29.8 Å². The fourth-order valence-corrected chi connectivity index (χ4v) is 12.3. The van der Waals surface area contributed by atoms with Gasteiger partial charge in [0.15, 0.2) is 0 Å². The number of esters is 1. The summed E-state index contributed by atoms with van der Waals surface area (Å²) in [6.07, 6.45) is 7.77. The molecule has 8 nitrogen and oxygen atoms in total. The zero-order valence-electron chi connectivity index (χ0n) is 33.7. The second-order valence-electron chi connectivity index (χ2n) is 18.3. The number of carbonyl (C=O) groups is 4. The van der Waals surface area contributed by atoms with Gasteiger partial charge in [0.1, 0.15) is 12.6 Å². The van der Waals surface area contributed by atoms with Crippen molar-refractivity contribution in [2.45, 2.75) is 69.4 Å². The molecule has 4 saturated carbocycles. The molecule has 0 unspecified atom stereocenters. The maximum atomic E-state index is 15.2. The summed E-state index contributed by atoms with van der Waals surface area (Å²) >= 11 is 0. The largest absolute Gasteiger partial charge is 0.457 e. The number of fused-ring (bicyclic) bond motifs is 1. The molecule has 7 aliphatic carbocycles. The first-order chi connectivity index (χ1) is 29.3. The second-order valence-corrected chi connectivity index (χ2v) is 18.3. The average molecular weight is 798 g/mol. The topological polar surface area (TPSA) is 114 Å². The van der Waals surface area contributed by atoms with Crippen molar-refractivity contribution < 1.29 is 23.9 Å². The summed E-state index contributed by atoms with van der Waals surface area (Å²) in [4.78, 5) is 57.6. The number of hydrogen-bond acceptors (Lipinski definition) is 5. The highest BCUT2D eigenvalue weighted by Crippen LogP contribution is 2.61. The Kier molecular flexibility index (Phi) is 10.1. The number of carbonyl (C=O) groups excluding carboxylic acids is 4. The molecule has 3 N–H and O–H groups in total. The zero-order chi connectivity index (χ0) is 40.8. The van der Waals surface area contributed by atoms with Gasteiger partial charge in [-0.3, -0.25) is 14.4 Å². The molecule has 0 radical (unpaired) electrons. The first-order valence-corrected chi connectivity index (χ1v) is 21.7. The predicted octanol–water partition coefficient (Wildman–Crippen LogP) is 8.57. The van der Waals surface area contributed by atoms with Crippen LogP contribution in [0.3, 0.4) is 0 Å². The van der Waals surface area contributed by atoms with E-state index in [1.807, 2.05) is 84.9 Å². The molecule has 0 aliphatic heterocycles. The standard InChI is InChI=1S/C52H51N3O5/c56-48(54-38-17-11-16-37(26-38)51(59)60-30-33-14-5-2-6-15-33)43(25-32-12-3-1-4-13-32)55-50(58)47-45-41-20-9-7-18-39(41)44(40-19-8-10-21-42(40)45)46(47)49(57)53-31-52-27-34-22-35(28-52)24-36(23-34)29-52/h1-21,26,34-36,43-47H,22-25,27-31H2,(H,53,57)(H,54,56)(H,55,58)/t34?,35?,36?,43-,44?,45?,46+,47-,52?/m0/s1. The van der Waals surface area contributed by atoms with Crippen molar-refractivity contribution in [1.29, 1.82) is 0 Å². The average Bonchev–Trinajstić information content (AvgIpc) is 3.27. The van der Waals surface area contributed by atoms with Gasteiger partial charge in [-0.2, -0.15) is 0 Å². The van der Waals surface area contributed by atoms with Crippen LogP contribution in [0.5, 0.6) is 0 Å². The number of anilines is 1. The molecule has 6 bridgehead atoms. The highest BCUT2D eigenvalue weighted by Gasteiger charge is 2.56. The van der Waals surface area contributed by atoms with E-state index in [1.54, 1.807) is 24.3 Å². The Morgan fingerprint density at radius 1 is 0.600 bits per heavy atom. The van der Waals surface area contributed by atoms with Crippen molar-refractivity contribution in [1.82, 2.24) is 10.6 Å². The van der Waals surface area contributed by atoms with Gasteiger partial charge in [-0.15, -0.1) is 0 Å². The van der Waals surface area contributed by atoms with Crippen molar-refractivity contribution in [3.05, 3.63) is 172 Å². The molecule has 5 aromatic rings. The number of benzene rings is 5. The molecule has 3 atom stereocenters. The Hall–Kier alpha value is -6.02. The fraction of sp³-hybridized carbons (Fsp3) is 0.346. The number of nitrogens with one attached hydrogen (secondary N) is 3. The summed E-state index contributed by atoms with van der Waals surface area (Å²) in [7, 11) is 0. The lowest BCUT2D eigenvalue weighted by atomic mass is 9.49. The van der Waals surface area contributed by atoms with E-state index in [0.717, 1.165) is 51.1 Å². The van der Waals surface area contributed by atoms with Crippen molar-refractivity contribution in [2.24, 2.45) is 35.0 Å². The van der Waals surface area contributed by atoms with Crippen molar-refractivity contribution in [2.75, 3.05) is 11.9 Å². The van der Waals surface area contributed by atoms with E-state index in [-0.39, 0.29) is 42.1 Å². The molecule has 0 aromatic heterocycles. The van der Waals surface area contributed by atoms with Gasteiger partial charge in [-0.25, -0.2) is 4.79 Å². The Labute approximate surface area is 351 Å². The van der Waals surface area contributed by atoms with Crippen LogP contribution < -0.4 is 16.0 Å². The molecule has 7 aliphatic rings. The van der Waals surface area contributed by atoms with Gasteiger partial charge < -0.3 is 20.7 Å². The van der Waals surface area contributed by atoms with Crippen LogP contribution in [0.25, 0.3) is 0 Å². The molecule has 304 valence electrons. The van der Waals surface area contributed by atoms with Gasteiger partial charge in [0.25, 0.3) is 0 Å². The highest BCUT2D eigenvalue weighted by atomic mass is 16.5. The van der Waals surface area contributed by atoms with E-state index in [9.17, 15) is 14.4 Å². The summed E-state index contributed by atoms with van der Waals surface area (Å²) in [6.45, 7) is 0.777. The van der Waals surface area contributed by atoms with E-state index >= 15 is 4.79 Å². The molecule has 5 aromatic carbocycles. The van der Waals surface area contributed by atoms with Crippen LogP contribution in [-0.4, -0.2) is 36.3 Å². The van der Waals surface area contributed by atoms with Crippen LogP contribution >= 0.6 is 0 Å². The van der Waals surface area contributed by atoms with Crippen molar-refractivity contribution in [3.8, 4) is 0 Å². The quantitative estimate of drug-likeness (QED) is 0.110. The molecule has 12 rings (SSSR count). The second kappa shape index (κ2) is 15.9. The predicted molar refractivity (Wildman–Crippen MR) is 230 cm³/mol. The van der Waals surface area contributed by atoms with Gasteiger partial charge in [0.2, 0.25) is 17.7 Å². The molecule has 3 amide bonds. The van der Waals surface area contributed by atoms with Gasteiger partial charge in [0, 0.05) is 30.5 Å². The van der Waals surface area contributed by atoms with E-state index in [2.05, 4.69) is 40.2 Å². The van der Waals surface area contributed by atoms with Gasteiger partial charge in [0.05, 0.1) is 17.4 Å².